The van der Waals surface area contributed by atoms with Gasteiger partial charge in [-0.2, -0.15) is 5.26 Å². The van der Waals surface area contributed by atoms with Crippen LogP contribution in [0.2, 0.25) is 0 Å². The maximum atomic E-state index is 9.17. The van der Waals surface area contributed by atoms with E-state index in [1.54, 1.807) is 0 Å². The summed E-state index contributed by atoms with van der Waals surface area (Å²) in [6.07, 6.45) is 9.57. The Morgan fingerprint density at radius 2 is 1.50 bits per heavy atom. The highest BCUT2D eigenvalue weighted by molar-refractivity contribution is 4.93. The largest absolute Gasteiger partial charge is 0.198 e. The van der Waals surface area contributed by atoms with Crippen molar-refractivity contribution in [1.29, 1.82) is 5.26 Å². The molecule has 0 aliphatic heterocycles. The smallest absolute Gasteiger partial charge is 0.0658 e. The van der Waals surface area contributed by atoms with E-state index in [2.05, 4.69) is 19.9 Å². The molecule has 0 amide bonds. The van der Waals surface area contributed by atoms with Gasteiger partial charge in [0.05, 0.1) is 6.07 Å². The summed E-state index contributed by atoms with van der Waals surface area (Å²) in [6, 6.07) is 2.53. The van der Waals surface area contributed by atoms with Crippen molar-refractivity contribution in [3.8, 4) is 6.07 Å². The number of hydrogen-bond donors (Lipinski definition) is 0. The first-order valence-electron chi connectivity index (χ1n) is 7.10. The van der Waals surface area contributed by atoms with Crippen molar-refractivity contribution in [1.82, 2.24) is 0 Å². The highest BCUT2D eigenvalue weighted by Crippen LogP contribution is 2.43. The highest BCUT2D eigenvalue weighted by Gasteiger charge is 2.33. The molecule has 0 radical (unpaired) electrons. The summed E-state index contributed by atoms with van der Waals surface area (Å²) in [5.74, 6) is 3.75. The molecule has 90 valence electrons. The van der Waals surface area contributed by atoms with Crippen LogP contribution in [-0.2, 0) is 0 Å². The van der Waals surface area contributed by atoms with Crippen molar-refractivity contribution in [2.24, 2.45) is 29.6 Å². The Morgan fingerprint density at radius 1 is 0.875 bits per heavy atom. The minimum atomic E-state index is 0.345. The van der Waals surface area contributed by atoms with Gasteiger partial charge in [-0.25, -0.2) is 0 Å². The number of rotatable bonds is 1. The van der Waals surface area contributed by atoms with Crippen molar-refractivity contribution >= 4 is 0 Å². The molecular formula is C15H25N. The van der Waals surface area contributed by atoms with Crippen LogP contribution < -0.4 is 0 Å². The quantitative estimate of drug-likeness (QED) is 0.641. The lowest BCUT2D eigenvalue weighted by molar-refractivity contribution is 0.133. The van der Waals surface area contributed by atoms with E-state index in [1.807, 2.05) is 0 Å². The zero-order valence-corrected chi connectivity index (χ0v) is 10.8. The van der Waals surface area contributed by atoms with E-state index < -0.39 is 0 Å². The van der Waals surface area contributed by atoms with Gasteiger partial charge in [-0.3, -0.25) is 0 Å². The lowest BCUT2D eigenvalue weighted by atomic mass is 9.66. The number of nitrogens with zero attached hydrogens (tertiary/aromatic N) is 1. The van der Waals surface area contributed by atoms with Crippen molar-refractivity contribution in [3.05, 3.63) is 0 Å². The van der Waals surface area contributed by atoms with Crippen LogP contribution in [0.5, 0.6) is 0 Å². The summed E-state index contributed by atoms with van der Waals surface area (Å²) in [4.78, 5) is 0. The van der Waals surface area contributed by atoms with Gasteiger partial charge in [0.15, 0.2) is 0 Å². The summed E-state index contributed by atoms with van der Waals surface area (Å²) in [5, 5.41) is 9.17. The van der Waals surface area contributed by atoms with Crippen LogP contribution >= 0.6 is 0 Å². The lowest BCUT2D eigenvalue weighted by Crippen LogP contribution is -2.29. The fourth-order valence-electron chi connectivity index (χ4n) is 3.72. The second-order valence-electron chi connectivity index (χ2n) is 6.31. The molecule has 0 saturated heterocycles. The maximum absolute atomic E-state index is 9.17. The van der Waals surface area contributed by atoms with Crippen LogP contribution in [0.1, 0.15) is 58.8 Å². The summed E-state index contributed by atoms with van der Waals surface area (Å²) < 4.78 is 0. The van der Waals surface area contributed by atoms with Gasteiger partial charge in [-0.05, 0) is 55.8 Å². The van der Waals surface area contributed by atoms with E-state index in [4.69, 9.17) is 5.26 Å². The molecule has 0 spiro atoms. The second-order valence-corrected chi connectivity index (χ2v) is 6.31. The molecule has 2 rings (SSSR count). The Bertz CT molecular complexity index is 257. The SMILES string of the molecule is CC1CCC(C2CC[C@@H](C)C(C#N)C2)CC1. The van der Waals surface area contributed by atoms with E-state index in [1.165, 1.54) is 44.9 Å². The number of hydrogen-bond acceptors (Lipinski definition) is 1. The van der Waals surface area contributed by atoms with Gasteiger partial charge in [-0.1, -0.05) is 26.7 Å². The molecule has 0 aromatic heterocycles. The minimum absolute atomic E-state index is 0.345. The molecule has 1 nitrogen and oxygen atoms in total. The van der Waals surface area contributed by atoms with E-state index in [0.29, 0.717) is 11.8 Å². The molecule has 2 unspecified atom stereocenters. The molecule has 1 heteroatoms. The fraction of sp³-hybridized carbons (Fsp3) is 0.933. The predicted octanol–water partition coefficient (Wildman–Crippen LogP) is 4.39. The molecule has 2 aliphatic rings. The molecule has 0 aromatic carbocycles. The summed E-state index contributed by atoms with van der Waals surface area (Å²) >= 11 is 0. The molecular weight excluding hydrogens is 194 g/mol. The van der Waals surface area contributed by atoms with E-state index in [9.17, 15) is 0 Å². The van der Waals surface area contributed by atoms with Crippen molar-refractivity contribution < 1.29 is 0 Å². The average molecular weight is 219 g/mol. The Kier molecular flexibility index (Phi) is 3.90. The normalized spacial score (nSPS) is 44.9. The predicted molar refractivity (Wildman–Crippen MR) is 66.7 cm³/mol. The van der Waals surface area contributed by atoms with Gasteiger partial charge in [0, 0.05) is 5.92 Å². The van der Waals surface area contributed by atoms with Gasteiger partial charge in [0.1, 0.15) is 0 Å². The summed E-state index contributed by atoms with van der Waals surface area (Å²) in [5.41, 5.74) is 0. The zero-order chi connectivity index (χ0) is 11.5. The third-order valence-corrected chi connectivity index (χ3v) is 5.13. The number of nitriles is 1. The molecule has 0 aromatic rings. The monoisotopic (exact) mass is 219 g/mol. The molecule has 2 aliphatic carbocycles. The zero-order valence-electron chi connectivity index (χ0n) is 10.8. The molecule has 3 atom stereocenters. The van der Waals surface area contributed by atoms with Gasteiger partial charge >= 0.3 is 0 Å². The minimum Gasteiger partial charge on any atom is -0.198 e. The Labute approximate surface area is 100 Å². The Morgan fingerprint density at radius 3 is 2.12 bits per heavy atom. The van der Waals surface area contributed by atoms with Crippen molar-refractivity contribution in [3.63, 3.8) is 0 Å². The van der Waals surface area contributed by atoms with Crippen LogP contribution in [0.15, 0.2) is 0 Å². The van der Waals surface area contributed by atoms with Crippen LogP contribution in [0.3, 0.4) is 0 Å². The van der Waals surface area contributed by atoms with Crippen molar-refractivity contribution in [2.45, 2.75) is 58.8 Å². The second kappa shape index (κ2) is 5.21. The summed E-state index contributed by atoms with van der Waals surface area (Å²) in [7, 11) is 0. The van der Waals surface area contributed by atoms with Gasteiger partial charge in [0.25, 0.3) is 0 Å². The topological polar surface area (TPSA) is 23.8 Å². The molecule has 0 heterocycles. The Balaban J connectivity index is 1.88. The van der Waals surface area contributed by atoms with E-state index in [-0.39, 0.29) is 0 Å². The third-order valence-electron chi connectivity index (χ3n) is 5.13. The first kappa shape index (κ1) is 12.0. The fourth-order valence-corrected chi connectivity index (χ4v) is 3.72. The van der Waals surface area contributed by atoms with Crippen LogP contribution in [0, 0.1) is 40.9 Å². The molecule has 0 N–H and O–H groups in total. The van der Waals surface area contributed by atoms with Crippen LogP contribution in [-0.4, -0.2) is 0 Å². The molecule has 0 bridgehead atoms. The standard InChI is InChI=1S/C15H25N/c1-11-3-6-13(7-4-11)14-8-5-12(2)15(9-14)10-16/h11-15H,3-9H2,1-2H3/t11?,12-,13?,14?,15?/m1/s1. The van der Waals surface area contributed by atoms with Gasteiger partial charge in [0.2, 0.25) is 0 Å². The molecule has 16 heavy (non-hydrogen) atoms. The van der Waals surface area contributed by atoms with E-state index >= 15 is 0 Å². The highest BCUT2D eigenvalue weighted by atomic mass is 14.4. The molecule has 2 fully saturated rings. The van der Waals surface area contributed by atoms with Gasteiger partial charge in [-0.15, -0.1) is 0 Å². The third kappa shape index (κ3) is 2.59. The average Bonchev–Trinajstić information content (AvgIpc) is 2.31. The first-order chi connectivity index (χ1) is 7.70. The first-order valence-corrected chi connectivity index (χ1v) is 7.10. The van der Waals surface area contributed by atoms with Gasteiger partial charge < -0.3 is 0 Å². The lowest BCUT2D eigenvalue weighted by Gasteiger charge is -2.38. The van der Waals surface area contributed by atoms with Crippen LogP contribution in [0.4, 0.5) is 0 Å². The summed E-state index contributed by atoms with van der Waals surface area (Å²) in [6.45, 7) is 4.64. The van der Waals surface area contributed by atoms with Crippen LogP contribution in [0.25, 0.3) is 0 Å². The maximum Gasteiger partial charge on any atom is 0.0658 e. The molecule has 2 saturated carbocycles. The van der Waals surface area contributed by atoms with Crippen molar-refractivity contribution in [2.75, 3.05) is 0 Å². The van der Waals surface area contributed by atoms with E-state index in [0.717, 1.165) is 17.8 Å². The Hall–Kier alpha value is -0.510.